The van der Waals surface area contributed by atoms with Crippen molar-refractivity contribution in [3.63, 3.8) is 0 Å². The molecule has 3 heteroatoms. The number of hydrogen-bond donors (Lipinski definition) is 1. The summed E-state index contributed by atoms with van der Waals surface area (Å²) in [6, 6.07) is 6.78. The Bertz CT molecular complexity index is 541. The molecule has 1 unspecified atom stereocenters. The summed E-state index contributed by atoms with van der Waals surface area (Å²) < 4.78 is 2.19. The molecule has 2 rings (SSSR count). The molecule has 19 heavy (non-hydrogen) atoms. The maximum absolute atomic E-state index is 5.86. The van der Waals surface area contributed by atoms with Crippen LogP contribution in [0.5, 0.6) is 0 Å². The molecule has 0 radical (unpaired) electrons. The maximum atomic E-state index is 5.86. The summed E-state index contributed by atoms with van der Waals surface area (Å²) in [7, 11) is 0. The van der Waals surface area contributed by atoms with Crippen molar-refractivity contribution in [2.45, 2.75) is 46.1 Å². The van der Waals surface area contributed by atoms with E-state index in [1.165, 1.54) is 16.8 Å². The molecular weight excluding hydrogens is 234 g/mol. The Morgan fingerprint density at radius 3 is 2.79 bits per heavy atom. The van der Waals surface area contributed by atoms with Crippen molar-refractivity contribution >= 4 is 0 Å². The lowest BCUT2D eigenvalue weighted by Gasteiger charge is -2.13. The quantitative estimate of drug-likeness (QED) is 0.894. The first-order chi connectivity index (χ1) is 9.11. The summed E-state index contributed by atoms with van der Waals surface area (Å²) in [5.41, 5.74) is 9.64. The smallest absolute Gasteiger partial charge is 0.113 e. The molecule has 2 N–H and O–H groups in total. The van der Waals surface area contributed by atoms with Gasteiger partial charge in [0.2, 0.25) is 0 Å². The van der Waals surface area contributed by atoms with E-state index in [2.05, 4.69) is 41.6 Å². The third kappa shape index (κ3) is 3.24. The molecule has 1 aromatic heterocycles. The summed E-state index contributed by atoms with van der Waals surface area (Å²) >= 11 is 0. The van der Waals surface area contributed by atoms with E-state index in [-0.39, 0.29) is 6.04 Å². The fourth-order valence-corrected chi connectivity index (χ4v) is 2.45. The zero-order chi connectivity index (χ0) is 13.8. The number of nitrogens with zero attached hydrogens (tertiary/aromatic N) is 2. The van der Waals surface area contributed by atoms with Crippen molar-refractivity contribution in [1.29, 1.82) is 0 Å². The van der Waals surface area contributed by atoms with E-state index >= 15 is 0 Å². The van der Waals surface area contributed by atoms with Crippen LogP contribution in [0.15, 0.2) is 30.6 Å². The lowest BCUT2D eigenvalue weighted by molar-refractivity contribution is 0.737. The van der Waals surface area contributed by atoms with Gasteiger partial charge in [-0.2, -0.15) is 0 Å². The molecule has 1 aromatic carbocycles. The van der Waals surface area contributed by atoms with E-state index in [4.69, 9.17) is 5.73 Å². The summed E-state index contributed by atoms with van der Waals surface area (Å²) in [4.78, 5) is 4.44. The van der Waals surface area contributed by atoms with Gasteiger partial charge in [-0.15, -0.1) is 0 Å². The van der Waals surface area contributed by atoms with Crippen LogP contribution < -0.4 is 5.73 Å². The molecule has 0 bridgehead atoms. The standard InChI is InChI=1S/C16H23N3/c1-4-5-16-18-8-9-19(16)15-7-6-14(10-12(15)2)11-13(3)17/h6-10,13H,4-5,11,17H2,1-3H3. The first-order valence-electron chi connectivity index (χ1n) is 6.99. The second kappa shape index (κ2) is 6.02. The molecule has 1 atom stereocenters. The van der Waals surface area contributed by atoms with E-state index in [0.717, 1.165) is 25.1 Å². The average molecular weight is 257 g/mol. The highest BCUT2D eigenvalue weighted by atomic mass is 15.1. The minimum atomic E-state index is 0.203. The van der Waals surface area contributed by atoms with Gasteiger partial charge < -0.3 is 10.3 Å². The molecule has 1 heterocycles. The Morgan fingerprint density at radius 2 is 2.16 bits per heavy atom. The van der Waals surface area contributed by atoms with Crippen LogP contribution in [0.4, 0.5) is 0 Å². The monoisotopic (exact) mass is 257 g/mol. The van der Waals surface area contributed by atoms with Crippen molar-refractivity contribution in [2.75, 3.05) is 0 Å². The van der Waals surface area contributed by atoms with E-state index in [1.807, 2.05) is 19.3 Å². The van der Waals surface area contributed by atoms with Gasteiger partial charge in [-0.25, -0.2) is 4.98 Å². The van der Waals surface area contributed by atoms with Crippen LogP contribution in [-0.4, -0.2) is 15.6 Å². The van der Waals surface area contributed by atoms with Gasteiger partial charge in [0.15, 0.2) is 0 Å². The van der Waals surface area contributed by atoms with E-state index in [9.17, 15) is 0 Å². The van der Waals surface area contributed by atoms with Crippen LogP contribution in [0, 0.1) is 6.92 Å². The predicted molar refractivity (Wildman–Crippen MR) is 79.6 cm³/mol. The van der Waals surface area contributed by atoms with Gasteiger partial charge in [-0.1, -0.05) is 19.1 Å². The molecule has 0 saturated carbocycles. The normalized spacial score (nSPS) is 12.6. The number of imidazole rings is 1. The Morgan fingerprint density at radius 1 is 1.37 bits per heavy atom. The van der Waals surface area contributed by atoms with Crippen molar-refractivity contribution in [1.82, 2.24) is 9.55 Å². The fourth-order valence-electron chi connectivity index (χ4n) is 2.45. The highest BCUT2D eigenvalue weighted by molar-refractivity contribution is 5.44. The van der Waals surface area contributed by atoms with Crippen molar-refractivity contribution in [3.05, 3.63) is 47.5 Å². The van der Waals surface area contributed by atoms with Gasteiger partial charge in [-0.3, -0.25) is 0 Å². The molecule has 0 aliphatic heterocycles. The van der Waals surface area contributed by atoms with E-state index in [1.54, 1.807) is 0 Å². The Balaban J connectivity index is 2.32. The minimum Gasteiger partial charge on any atom is -0.328 e. The highest BCUT2D eigenvalue weighted by Crippen LogP contribution is 2.19. The summed E-state index contributed by atoms with van der Waals surface area (Å²) in [5, 5.41) is 0. The average Bonchev–Trinajstić information content (AvgIpc) is 2.77. The van der Waals surface area contributed by atoms with Gasteiger partial charge in [0.05, 0.1) is 0 Å². The Hall–Kier alpha value is -1.61. The predicted octanol–water partition coefficient (Wildman–Crippen LogP) is 3.02. The molecule has 3 nitrogen and oxygen atoms in total. The van der Waals surface area contributed by atoms with Gasteiger partial charge in [0, 0.05) is 30.5 Å². The highest BCUT2D eigenvalue weighted by Gasteiger charge is 2.08. The zero-order valence-electron chi connectivity index (χ0n) is 12.1. The number of aryl methyl sites for hydroxylation is 2. The molecule has 0 spiro atoms. The van der Waals surface area contributed by atoms with Crippen LogP contribution >= 0.6 is 0 Å². The van der Waals surface area contributed by atoms with Crippen molar-refractivity contribution < 1.29 is 0 Å². The number of nitrogens with two attached hydrogens (primary N) is 1. The van der Waals surface area contributed by atoms with Crippen LogP contribution in [0.3, 0.4) is 0 Å². The molecule has 0 aliphatic rings. The first-order valence-corrected chi connectivity index (χ1v) is 6.99. The number of rotatable bonds is 5. The molecule has 0 fully saturated rings. The van der Waals surface area contributed by atoms with Gasteiger partial charge in [0.1, 0.15) is 5.82 Å². The molecule has 102 valence electrons. The number of hydrogen-bond acceptors (Lipinski definition) is 2. The fraction of sp³-hybridized carbons (Fsp3) is 0.438. The van der Waals surface area contributed by atoms with Gasteiger partial charge >= 0.3 is 0 Å². The number of aromatic nitrogens is 2. The minimum absolute atomic E-state index is 0.203. The van der Waals surface area contributed by atoms with Crippen LogP contribution in [0.2, 0.25) is 0 Å². The van der Waals surface area contributed by atoms with Crippen LogP contribution in [0.1, 0.15) is 37.2 Å². The summed E-state index contributed by atoms with van der Waals surface area (Å²) in [6.45, 7) is 6.37. The van der Waals surface area contributed by atoms with Gasteiger partial charge in [-0.05, 0) is 43.9 Å². The van der Waals surface area contributed by atoms with Crippen LogP contribution in [0.25, 0.3) is 5.69 Å². The first kappa shape index (κ1) is 13.8. The SMILES string of the molecule is CCCc1nccn1-c1ccc(CC(C)N)cc1C. The Labute approximate surface area is 115 Å². The third-order valence-corrected chi connectivity index (χ3v) is 3.27. The molecule has 0 aliphatic carbocycles. The van der Waals surface area contributed by atoms with Crippen LogP contribution in [-0.2, 0) is 12.8 Å². The molecule has 0 amide bonds. The Kier molecular flexibility index (Phi) is 4.38. The van der Waals surface area contributed by atoms with E-state index < -0.39 is 0 Å². The third-order valence-electron chi connectivity index (χ3n) is 3.27. The second-order valence-electron chi connectivity index (χ2n) is 5.27. The lowest BCUT2D eigenvalue weighted by atomic mass is 10.0. The summed E-state index contributed by atoms with van der Waals surface area (Å²) in [5.74, 6) is 1.13. The van der Waals surface area contributed by atoms with Gasteiger partial charge in [0.25, 0.3) is 0 Å². The van der Waals surface area contributed by atoms with E-state index in [0.29, 0.717) is 0 Å². The molecular formula is C16H23N3. The maximum Gasteiger partial charge on any atom is 0.113 e. The zero-order valence-corrected chi connectivity index (χ0v) is 12.1. The number of benzene rings is 1. The second-order valence-corrected chi connectivity index (χ2v) is 5.27. The largest absolute Gasteiger partial charge is 0.328 e. The summed E-state index contributed by atoms with van der Waals surface area (Å²) in [6.07, 6.45) is 6.96. The van der Waals surface area contributed by atoms with Crippen molar-refractivity contribution in [3.8, 4) is 5.69 Å². The van der Waals surface area contributed by atoms with Crippen molar-refractivity contribution in [2.24, 2.45) is 5.73 Å². The molecule has 0 saturated heterocycles. The lowest BCUT2D eigenvalue weighted by Crippen LogP contribution is -2.17. The topological polar surface area (TPSA) is 43.8 Å². The molecule has 2 aromatic rings.